The smallest absolute Gasteiger partial charge is 0.217 e. The molecule has 0 amide bonds. The number of nitrogens with zero attached hydrogens (tertiary/aromatic N) is 3. The molecule has 0 atom stereocenters. The summed E-state index contributed by atoms with van der Waals surface area (Å²) in [5.74, 6) is -0.512. The lowest BCUT2D eigenvalue weighted by Crippen LogP contribution is -2.18. The first-order chi connectivity index (χ1) is 10.1. The van der Waals surface area contributed by atoms with Gasteiger partial charge in [0.2, 0.25) is 5.78 Å². The van der Waals surface area contributed by atoms with Crippen LogP contribution in [0.25, 0.3) is 0 Å². The van der Waals surface area contributed by atoms with E-state index in [1.54, 1.807) is 6.26 Å². The molecule has 2 aromatic rings. The average Bonchev–Trinajstić information content (AvgIpc) is 2.51. The number of Topliss-reactive ketones (excluding diaryl/α,β-unsaturated/α-hetero) is 1. The number of rotatable bonds is 4. The summed E-state index contributed by atoms with van der Waals surface area (Å²) in [6.07, 6.45) is 3.29. The lowest BCUT2D eigenvalue weighted by molar-refractivity contribution is 0.106. The summed E-state index contributed by atoms with van der Waals surface area (Å²) in [6.45, 7) is 0. The maximum atomic E-state index is 12.4. The van der Waals surface area contributed by atoms with Crippen molar-refractivity contribution >= 4 is 46.5 Å². The van der Waals surface area contributed by atoms with Crippen LogP contribution < -0.4 is 0 Å². The molecule has 8 heteroatoms. The number of carbonyl (C=O) groups is 1. The van der Waals surface area contributed by atoms with Crippen molar-refractivity contribution < 1.29 is 10.0 Å². The summed E-state index contributed by atoms with van der Waals surface area (Å²) in [5, 5.41) is 13.2. The highest BCUT2D eigenvalue weighted by atomic mass is 35.5. The van der Waals surface area contributed by atoms with Gasteiger partial charge in [-0.15, -0.1) is 0 Å². The number of hydrogen-bond acceptors (Lipinski definition) is 6. The molecule has 0 radical (unpaired) electrons. The summed E-state index contributed by atoms with van der Waals surface area (Å²) in [6, 6.07) is 5.90. The topological polar surface area (TPSA) is 75.4 Å². The van der Waals surface area contributed by atoms with Gasteiger partial charge in [0.25, 0.3) is 0 Å². The minimum absolute atomic E-state index is 0.189. The second kappa shape index (κ2) is 6.89. The third kappa shape index (κ3) is 3.53. The molecule has 0 spiro atoms. The van der Waals surface area contributed by atoms with E-state index in [4.69, 9.17) is 28.4 Å². The maximum Gasteiger partial charge on any atom is 0.217 e. The van der Waals surface area contributed by atoms with Gasteiger partial charge in [0.15, 0.2) is 10.9 Å². The Morgan fingerprint density at radius 3 is 2.67 bits per heavy atom. The van der Waals surface area contributed by atoms with Crippen molar-refractivity contribution in [1.29, 1.82) is 0 Å². The molecule has 1 heterocycles. The Morgan fingerprint density at radius 2 is 2.05 bits per heavy atom. The molecule has 0 unspecified atom stereocenters. The largest absolute Gasteiger partial charge is 0.410 e. The van der Waals surface area contributed by atoms with Crippen molar-refractivity contribution in [3.8, 4) is 0 Å². The van der Waals surface area contributed by atoms with Gasteiger partial charge in [0, 0.05) is 11.8 Å². The van der Waals surface area contributed by atoms with Gasteiger partial charge in [0.1, 0.15) is 5.69 Å². The first kappa shape index (κ1) is 15.8. The van der Waals surface area contributed by atoms with Crippen LogP contribution in [0.5, 0.6) is 0 Å². The highest BCUT2D eigenvalue weighted by Crippen LogP contribution is 2.23. The fourth-order valence-corrected chi connectivity index (χ4v) is 2.21. The normalized spacial score (nSPS) is 11.5. The highest BCUT2D eigenvalue weighted by Gasteiger charge is 2.19. The number of benzene rings is 1. The average molecular weight is 342 g/mol. The Hall–Kier alpha value is -1.63. The minimum Gasteiger partial charge on any atom is -0.410 e. The second-order valence-electron chi connectivity index (χ2n) is 3.84. The van der Waals surface area contributed by atoms with Crippen LogP contribution in [-0.2, 0) is 0 Å². The van der Waals surface area contributed by atoms with E-state index in [9.17, 15) is 4.79 Å². The van der Waals surface area contributed by atoms with E-state index in [1.165, 1.54) is 42.2 Å². The lowest BCUT2D eigenvalue weighted by Gasteiger charge is -2.05. The molecule has 1 aromatic heterocycles. The third-order valence-electron chi connectivity index (χ3n) is 2.56. The molecule has 0 aliphatic rings. The Morgan fingerprint density at radius 1 is 1.29 bits per heavy atom. The van der Waals surface area contributed by atoms with E-state index in [2.05, 4.69) is 15.1 Å². The molecule has 0 aliphatic carbocycles. The minimum atomic E-state index is -0.512. The van der Waals surface area contributed by atoms with Crippen molar-refractivity contribution in [1.82, 2.24) is 9.97 Å². The van der Waals surface area contributed by atoms with Crippen LogP contribution in [0, 0.1) is 0 Å². The Labute approximate surface area is 135 Å². The van der Waals surface area contributed by atoms with E-state index < -0.39 is 5.78 Å². The van der Waals surface area contributed by atoms with Gasteiger partial charge >= 0.3 is 0 Å². The molecule has 1 aromatic carbocycles. The lowest BCUT2D eigenvalue weighted by atomic mass is 10.0. The zero-order chi connectivity index (χ0) is 15.4. The fraction of sp³-hybridized carbons (Fsp3) is 0.0769. The first-order valence-electron chi connectivity index (χ1n) is 5.66. The summed E-state index contributed by atoms with van der Waals surface area (Å²) < 4.78 is 0. The quantitative estimate of drug-likeness (QED) is 0.230. The maximum absolute atomic E-state index is 12.4. The van der Waals surface area contributed by atoms with Crippen molar-refractivity contribution in [3.05, 3.63) is 51.8 Å². The van der Waals surface area contributed by atoms with Gasteiger partial charge in [-0.3, -0.25) is 4.79 Å². The van der Waals surface area contributed by atoms with E-state index in [-0.39, 0.29) is 22.0 Å². The zero-order valence-corrected chi connectivity index (χ0v) is 13.1. The van der Waals surface area contributed by atoms with E-state index in [0.717, 1.165) is 0 Å². The molecule has 0 bridgehead atoms. The summed E-state index contributed by atoms with van der Waals surface area (Å²) in [4.78, 5) is 20.5. The van der Waals surface area contributed by atoms with Crippen LogP contribution in [0.15, 0.2) is 40.8 Å². The number of carbonyl (C=O) groups excluding carboxylic acids is 1. The summed E-state index contributed by atoms with van der Waals surface area (Å²) in [5.41, 5.74) is 0.292. The number of aromatic nitrogens is 2. The van der Waals surface area contributed by atoms with Crippen LogP contribution >= 0.6 is 35.0 Å². The van der Waals surface area contributed by atoms with E-state index in [1.807, 2.05) is 0 Å². The Balaban J connectivity index is 2.41. The number of ketones is 1. The number of hydrogen-bond donors (Lipinski definition) is 1. The van der Waals surface area contributed by atoms with E-state index >= 15 is 0 Å². The summed E-state index contributed by atoms with van der Waals surface area (Å²) in [7, 11) is 0. The number of thioether (sulfide) groups is 1. The van der Waals surface area contributed by atoms with Crippen LogP contribution in [-0.4, -0.2) is 32.9 Å². The number of oxime groups is 1. The van der Waals surface area contributed by atoms with Gasteiger partial charge in [0.05, 0.1) is 10.0 Å². The fourth-order valence-electron chi connectivity index (χ4n) is 1.56. The predicted octanol–water partition coefficient (Wildman–Crippen LogP) is 3.57. The molecule has 0 aliphatic heterocycles. The molecule has 108 valence electrons. The standard InChI is InChI=1S/C13H9Cl2N3O2S/c1-21-13-16-5-4-10(17-13)11(18-20)12(19)7-2-3-8(14)9(15)6-7/h2-6,20H,1H3. The van der Waals surface area contributed by atoms with Crippen molar-refractivity contribution in [2.24, 2.45) is 5.16 Å². The second-order valence-corrected chi connectivity index (χ2v) is 5.42. The number of halogens is 2. The van der Waals surface area contributed by atoms with Gasteiger partial charge in [-0.25, -0.2) is 9.97 Å². The zero-order valence-electron chi connectivity index (χ0n) is 10.7. The molecular formula is C13H9Cl2N3O2S. The Bertz CT molecular complexity index is 722. The van der Waals surface area contributed by atoms with E-state index in [0.29, 0.717) is 10.2 Å². The highest BCUT2D eigenvalue weighted by molar-refractivity contribution is 7.98. The summed E-state index contributed by atoms with van der Waals surface area (Å²) >= 11 is 13.0. The molecule has 0 fully saturated rings. The van der Waals surface area contributed by atoms with Crippen LogP contribution in [0.2, 0.25) is 10.0 Å². The predicted molar refractivity (Wildman–Crippen MR) is 82.9 cm³/mol. The molecule has 0 saturated heterocycles. The molecule has 21 heavy (non-hydrogen) atoms. The molecule has 0 saturated carbocycles. The van der Waals surface area contributed by atoms with Crippen LogP contribution in [0.3, 0.4) is 0 Å². The molecule has 5 nitrogen and oxygen atoms in total. The van der Waals surface area contributed by atoms with Crippen molar-refractivity contribution in [2.75, 3.05) is 6.26 Å². The SMILES string of the molecule is CSc1nccc(C(=NO)C(=O)c2ccc(Cl)c(Cl)c2)n1. The Kier molecular flexibility index (Phi) is 5.17. The van der Waals surface area contributed by atoms with Crippen LogP contribution in [0.4, 0.5) is 0 Å². The molecular weight excluding hydrogens is 333 g/mol. The molecule has 2 rings (SSSR count). The van der Waals surface area contributed by atoms with Gasteiger partial charge in [-0.2, -0.15) is 0 Å². The first-order valence-corrected chi connectivity index (χ1v) is 7.64. The van der Waals surface area contributed by atoms with Gasteiger partial charge in [-0.1, -0.05) is 40.1 Å². The van der Waals surface area contributed by atoms with Crippen molar-refractivity contribution in [3.63, 3.8) is 0 Å². The van der Waals surface area contributed by atoms with Crippen molar-refractivity contribution in [2.45, 2.75) is 5.16 Å². The van der Waals surface area contributed by atoms with Gasteiger partial charge < -0.3 is 5.21 Å². The monoisotopic (exact) mass is 341 g/mol. The molecule has 1 N–H and O–H groups in total. The van der Waals surface area contributed by atoms with Crippen LogP contribution in [0.1, 0.15) is 16.1 Å². The van der Waals surface area contributed by atoms with Gasteiger partial charge in [-0.05, 0) is 30.5 Å². The third-order valence-corrected chi connectivity index (χ3v) is 3.86.